The molecule has 128 valence electrons. The summed E-state index contributed by atoms with van der Waals surface area (Å²) < 4.78 is 10.3. The van der Waals surface area contributed by atoms with Crippen molar-refractivity contribution in [3.8, 4) is 5.75 Å². The van der Waals surface area contributed by atoms with Gasteiger partial charge in [-0.05, 0) is 37.8 Å². The summed E-state index contributed by atoms with van der Waals surface area (Å²) >= 11 is 6.03. The third-order valence-corrected chi connectivity index (χ3v) is 3.75. The predicted octanol–water partition coefficient (Wildman–Crippen LogP) is 3.96. The van der Waals surface area contributed by atoms with Crippen molar-refractivity contribution >= 4 is 29.2 Å². The van der Waals surface area contributed by atoms with Gasteiger partial charge in [0.15, 0.2) is 6.10 Å². The van der Waals surface area contributed by atoms with Crippen molar-refractivity contribution in [2.24, 2.45) is 5.92 Å². The molecule has 0 saturated heterocycles. The van der Waals surface area contributed by atoms with E-state index in [4.69, 9.17) is 21.1 Å². The molecule has 0 bridgehead atoms. The van der Waals surface area contributed by atoms with Gasteiger partial charge in [-0.25, -0.2) is 0 Å². The molecule has 0 spiro atoms. The van der Waals surface area contributed by atoms with Gasteiger partial charge in [-0.3, -0.25) is 9.59 Å². The molecular formula is C17H24ClNO4. The maximum atomic E-state index is 12.2. The standard InChI is InChI=1S/C17H24ClNO4/c1-10(2)6-7-16(20)23-12(4)17(21)19-14-8-11(3)13(18)9-15(14)22-5/h8-10,12H,6-7H2,1-5H3,(H,19,21)/t12-/m0/s1. The first-order chi connectivity index (χ1) is 10.7. The first-order valence-electron chi connectivity index (χ1n) is 7.59. The van der Waals surface area contributed by atoms with Crippen LogP contribution in [-0.4, -0.2) is 25.1 Å². The van der Waals surface area contributed by atoms with E-state index in [1.807, 2.05) is 20.8 Å². The lowest BCUT2D eigenvalue weighted by atomic mass is 10.1. The molecule has 0 aliphatic carbocycles. The number of carbonyl (C=O) groups excluding carboxylic acids is 2. The largest absolute Gasteiger partial charge is 0.495 e. The summed E-state index contributed by atoms with van der Waals surface area (Å²) in [5.74, 6) is 0.0730. The molecule has 0 aliphatic heterocycles. The molecule has 0 heterocycles. The number of amides is 1. The van der Waals surface area contributed by atoms with Gasteiger partial charge >= 0.3 is 5.97 Å². The first-order valence-corrected chi connectivity index (χ1v) is 7.96. The molecule has 1 aromatic carbocycles. The van der Waals surface area contributed by atoms with Crippen molar-refractivity contribution in [1.29, 1.82) is 0 Å². The highest BCUT2D eigenvalue weighted by molar-refractivity contribution is 6.31. The molecule has 1 rings (SSSR count). The Bertz CT molecular complexity index is 572. The van der Waals surface area contributed by atoms with E-state index in [-0.39, 0.29) is 5.97 Å². The average molecular weight is 342 g/mol. The number of benzene rings is 1. The number of methoxy groups -OCH3 is 1. The summed E-state index contributed by atoms with van der Waals surface area (Å²) in [5.41, 5.74) is 1.30. The van der Waals surface area contributed by atoms with Gasteiger partial charge in [-0.1, -0.05) is 25.4 Å². The van der Waals surface area contributed by atoms with Crippen LogP contribution in [0.3, 0.4) is 0 Å². The Balaban J connectivity index is 2.68. The third-order valence-electron chi connectivity index (χ3n) is 3.34. The van der Waals surface area contributed by atoms with Crippen LogP contribution in [0.15, 0.2) is 12.1 Å². The summed E-state index contributed by atoms with van der Waals surface area (Å²) in [6.45, 7) is 7.42. The summed E-state index contributed by atoms with van der Waals surface area (Å²) in [6.07, 6.45) is 0.158. The topological polar surface area (TPSA) is 64.6 Å². The van der Waals surface area contributed by atoms with E-state index >= 15 is 0 Å². The van der Waals surface area contributed by atoms with Crippen LogP contribution in [0.25, 0.3) is 0 Å². The van der Waals surface area contributed by atoms with E-state index in [2.05, 4.69) is 5.32 Å². The second-order valence-corrected chi connectivity index (χ2v) is 6.26. The zero-order chi connectivity index (χ0) is 17.6. The van der Waals surface area contributed by atoms with Gasteiger partial charge in [0.1, 0.15) is 5.75 Å². The van der Waals surface area contributed by atoms with Gasteiger partial charge in [0.25, 0.3) is 5.91 Å². The fourth-order valence-corrected chi connectivity index (χ4v) is 2.03. The summed E-state index contributed by atoms with van der Waals surface area (Å²) in [4.78, 5) is 23.9. The molecule has 0 saturated carbocycles. The second kappa shape index (κ2) is 8.77. The van der Waals surface area contributed by atoms with E-state index < -0.39 is 12.0 Å². The number of halogens is 1. The van der Waals surface area contributed by atoms with Crippen LogP contribution in [0.2, 0.25) is 5.02 Å². The van der Waals surface area contributed by atoms with Crippen LogP contribution in [-0.2, 0) is 14.3 Å². The maximum absolute atomic E-state index is 12.2. The van der Waals surface area contributed by atoms with Gasteiger partial charge in [-0.15, -0.1) is 0 Å². The Morgan fingerprint density at radius 1 is 1.26 bits per heavy atom. The summed E-state index contributed by atoms with van der Waals surface area (Å²) in [5, 5.41) is 3.25. The van der Waals surface area contributed by atoms with Crippen molar-refractivity contribution in [3.05, 3.63) is 22.7 Å². The van der Waals surface area contributed by atoms with E-state index in [1.54, 1.807) is 12.1 Å². The fourth-order valence-electron chi connectivity index (χ4n) is 1.88. The molecule has 0 unspecified atom stereocenters. The molecule has 5 nitrogen and oxygen atoms in total. The normalized spacial score (nSPS) is 12.0. The molecule has 1 N–H and O–H groups in total. The minimum absolute atomic E-state index is 0.304. The summed E-state index contributed by atoms with van der Waals surface area (Å²) in [7, 11) is 1.49. The Morgan fingerprint density at radius 2 is 1.91 bits per heavy atom. The molecule has 0 aliphatic rings. The highest BCUT2D eigenvalue weighted by Gasteiger charge is 2.19. The lowest BCUT2D eigenvalue weighted by Gasteiger charge is -2.16. The molecule has 23 heavy (non-hydrogen) atoms. The van der Waals surface area contributed by atoms with Gasteiger partial charge in [-0.2, -0.15) is 0 Å². The van der Waals surface area contributed by atoms with Gasteiger partial charge in [0.05, 0.1) is 12.8 Å². The van der Waals surface area contributed by atoms with E-state index in [0.29, 0.717) is 28.8 Å². The average Bonchev–Trinajstić information content (AvgIpc) is 2.48. The zero-order valence-corrected chi connectivity index (χ0v) is 15.0. The highest BCUT2D eigenvalue weighted by atomic mass is 35.5. The number of anilines is 1. The van der Waals surface area contributed by atoms with Crippen LogP contribution in [0.5, 0.6) is 5.75 Å². The number of esters is 1. The van der Waals surface area contributed by atoms with Crippen molar-refractivity contribution in [1.82, 2.24) is 0 Å². The quantitative estimate of drug-likeness (QED) is 0.762. The van der Waals surface area contributed by atoms with E-state index in [9.17, 15) is 9.59 Å². The molecular weight excluding hydrogens is 318 g/mol. The Kier molecular flexibility index (Phi) is 7.36. The SMILES string of the molecule is COc1cc(Cl)c(C)cc1NC(=O)[C@H](C)OC(=O)CCC(C)C. The van der Waals surface area contributed by atoms with E-state index in [0.717, 1.165) is 12.0 Å². The smallest absolute Gasteiger partial charge is 0.306 e. The van der Waals surface area contributed by atoms with Crippen LogP contribution in [0, 0.1) is 12.8 Å². The number of rotatable bonds is 7. The molecule has 0 fully saturated rings. The minimum Gasteiger partial charge on any atom is -0.495 e. The zero-order valence-electron chi connectivity index (χ0n) is 14.2. The van der Waals surface area contributed by atoms with Crippen molar-refractivity contribution in [3.63, 3.8) is 0 Å². The first kappa shape index (κ1) is 19.3. The molecule has 1 amide bonds. The predicted molar refractivity (Wildman–Crippen MR) is 91.0 cm³/mol. The Morgan fingerprint density at radius 3 is 2.48 bits per heavy atom. The lowest BCUT2D eigenvalue weighted by molar-refractivity contribution is -0.153. The minimum atomic E-state index is -0.879. The molecule has 1 aromatic rings. The Labute approximate surface area is 142 Å². The highest BCUT2D eigenvalue weighted by Crippen LogP contribution is 2.31. The second-order valence-electron chi connectivity index (χ2n) is 5.86. The number of ether oxygens (including phenoxy) is 2. The molecule has 0 aromatic heterocycles. The van der Waals surface area contributed by atoms with Crippen molar-refractivity contribution in [2.45, 2.75) is 46.6 Å². The van der Waals surface area contributed by atoms with E-state index in [1.165, 1.54) is 14.0 Å². The molecule has 6 heteroatoms. The van der Waals surface area contributed by atoms with Gasteiger partial charge in [0, 0.05) is 17.5 Å². The number of hydrogen-bond donors (Lipinski definition) is 1. The number of carbonyl (C=O) groups is 2. The van der Waals surface area contributed by atoms with Crippen LogP contribution in [0.1, 0.15) is 39.2 Å². The third kappa shape index (κ3) is 6.10. The van der Waals surface area contributed by atoms with Crippen LogP contribution >= 0.6 is 11.6 Å². The van der Waals surface area contributed by atoms with Gasteiger partial charge < -0.3 is 14.8 Å². The number of hydrogen-bond acceptors (Lipinski definition) is 4. The van der Waals surface area contributed by atoms with Crippen molar-refractivity contribution in [2.75, 3.05) is 12.4 Å². The number of aryl methyl sites for hydroxylation is 1. The maximum Gasteiger partial charge on any atom is 0.306 e. The van der Waals surface area contributed by atoms with Crippen LogP contribution < -0.4 is 10.1 Å². The number of nitrogens with one attached hydrogen (secondary N) is 1. The lowest BCUT2D eigenvalue weighted by Crippen LogP contribution is -2.30. The summed E-state index contributed by atoms with van der Waals surface area (Å²) in [6, 6.07) is 3.35. The van der Waals surface area contributed by atoms with Gasteiger partial charge in [0.2, 0.25) is 0 Å². The monoisotopic (exact) mass is 341 g/mol. The molecule has 0 radical (unpaired) electrons. The molecule has 1 atom stereocenters. The van der Waals surface area contributed by atoms with Crippen LogP contribution in [0.4, 0.5) is 5.69 Å². The fraction of sp³-hybridized carbons (Fsp3) is 0.529. The Hall–Kier alpha value is -1.75. The van der Waals surface area contributed by atoms with Crippen molar-refractivity contribution < 1.29 is 19.1 Å².